The number of rotatable bonds is 6. The quantitative estimate of drug-likeness (QED) is 0.567. The molecule has 1 aliphatic rings. The highest BCUT2D eigenvalue weighted by Crippen LogP contribution is 2.34. The van der Waals surface area contributed by atoms with Gasteiger partial charge in [-0.2, -0.15) is 0 Å². The Hall–Kier alpha value is -3.61. The molecule has 160 valence electrons. The van der Waals surface area contributed by atoms with Crippen LogP contribution in [-0.2, 0) is 13.1 Å². The summed E-state index contributed by atoms with van der Waals surface area (Å²) in [5.74, 6) is 1.40. The van der Waals surface area contributed by atoms with E-state index in [1.54, 1.807) is 17.2 Å². The zero-order chi connectivity index (χ0) is 22.0. The Kier molecular flexibility index (Phi) is 5.75. The SMILES string of the molecule is CCC=C(C=C(C)C)Cn1c2c([nH]c1=O)-c1ncn(Cc3ccccc3C)c1N=CN2. The van der Waals surface area contributed by atoms with Gasteiger partial charge in [-0.25, -0.2) is 14.8 Å². The van der Waals surface area contributed by atoms with Crippen LogP contribution in [0.25, 0.3) is 11.4 Å². The van der Waals surface area contributed by atoms with Crippen LogP contribution in [0.4, 0.5) is 11.6 Å². The van der Waals surface area contributed by atoms with E-state index in [1.165, 1.54) is 16.7 Å². The molecule has 0 saturated heterocycles. The van der Waals surface area contributed by atoms with Crippen LogP contribution in [0.2, 0.25) is 0 Å². The number of anilines is 1. The average molecular weight is 417 g/mol. The molecule has 0 aliphatic carbocycles. The molecule has 0 radical (unpaired) electrons. The molecule has 1 aliphatic heterocycles. The third-order valence-electron chi connectivity index (χ3n) is 5.30. The molecule has 4 rings (SSSR count). The number of hydrogen-bond donors (Lipinski definition) is 2. The lowest BCUT2D eigenvalue weighted by Crippen LogP contribution is -2.19. The largest absolute Gasteiger partial charge is 0.330 e. The molecule has 31 heavy (non-hydrogen) atoms. The van der Waals surface area contributed by atoms with Gasteiger partial charge in [0.15, 0.2) is 5.82 Å². The number of H-pyrrole nitrogens is 1. The molecule has 7 nitrogen and oxygen atoms in total. The van der Waals surface area contributed by atoms with Gasteiger partial charge in [0.2, 0.25) is 0 Å². The maximum Gasteiger partial charge on any atom is 0.327 e. The fraction of sp³-hybridized carbons (Fsp3) is 0.292. The van der Waals surface area contributed by atoms with E-state index in [4.69, 9.17) is 0 Å². The van der Waals surface area contributed by atoms with Crippen LogP contribution in [0.1, 0.15) is 38.3 Å². The number of fused-ring (bicyclic) bond motifs is 3. The zero-order valence-electron chi connectivity index (χ0n) is 18.4. The maximum atomic E-state index is 12.8. The van der Waals surface area contributed by atoms with Crippen LogP contribution in [0.5, 0.6) is 0 Å². The second-order valence-corrected chi connectivity index (χ2v) is 8.02. The molecule has 0 fully saturated rings. The molecule has 0 amide bonds. The molecule has 0 spiro atoms. The minimum absolute atomic E-state index is 0.170. The first-order valence-corrected chi connectivity index (χ1v) is 10.5. The van der Waals surface area contributed by atoms with Gasteiger partial charge < -0.3 is 14.9 Å². The molecule has 7 heteroatoms. The van der Waals surface area contributed by atoms with E-state index in [0.717, 1.165) is 17.8 Å². The Bertz CT molecular complexity index is 1250. The third kappa shape index (κ3) is 4.17. The van der Waals surface area contributed by atoms with Crippen LogP contribution in [0, 0.1) is 6.92 Å². The molecule has 0 saturated carbocycles. The second-order valence-electron chi connectivity index (χ2n) is 8.02. The second kappa shape index (κ2) is 8.63. The number of aryl methyl sites for hydroxylation is 1. The smallest absolute Gasteiger partial charge is 0.327 e. The van der Waals surface area contributed by atoms with Gasteiger partial charge in [-0.1, -0.05) is 48.9 Å². The van der Waals surface area contributed by atoms with E-state index in [0.29, 0.717) is 30.3 Å². The summed E-state index contributed by atoms with van der Waals surface area (Å²) in [6.45, 7) is 9.45. The predicted molar refractivity (Wildman–Crippen MR) is 126 cm³/mol. The zero-order valence-corrected chi connectivity index (χ0v) is 18.4. The first kappa shape index (κ1) is 20.7. The lowest BCUT2D eigenvalue weighted by molar-refractivity contribution is 0.765. The molecule has 3 aromatic rings. The van der Waals surface area contributed by atoms with Crippen molar-refractivity contribution in [3.63, 3.8) is 0 Å². The van der Waals surface area contributed by atoms with Crippen molar-refractivity contribution in [1.29, 1.82) is 0 Å². The number of hydrogen-bond acceptors (Lipinski definition) is 4. The van der Waals surface area contributed by atoms with Gasteiger partial charge >= 0.3 is 5.69 Å². The Balaban J connectivity index is 1.73. The Labute approximate surface area is 181 Å². The van der Waals surface area contributed by atoms with Gasteiger partial charge in [-0.05, 0) is 43.9 Å². The number of aliphatic imine (C=N–C) groups is 1. The van der Waals surface area contributed by atoms with E-state index in [9.17, 15) is 4.79 Å². The van der Waals surface area contributed by atoms with Gasteiger partial charge in [0, 0.05) is 0 Å². The highest BCUT2D eigenvalue weighted by atomic mass is 16.1. The van der Waals surface area contributed by atoms with Crippen LogP contribution in [0.3, 0.4) is 0 Å². The minimum atomic E-state index is -0.170. The van der Waals surface area contributed by atoms with E-state index in [-0.39, 0.29) is 5.69 Å². The Morgan fingerprint density at radius 2 is 2.03 bits per heavy atom. The lowest BCUT2D eigenvalue weighted by Gasteiger charge is -2.09. The van der Waals surface area contributed by atoms with Gasteiger partial charge in [0.05, 0.1) is 25.8 Å². The number of aromatic nitrogens is 4. The van der Waals surface area contributed by atoms with E-state index in [1.807, 2.05) is 16.7 Å². The average Bonchev–Trinajstić information content (AvgIpc) is 3.19. The van der Waals surface area contributed by atoms with Crippen molar-refractivity contribution in [3.05, 3.63) is 75.5 Å². The lowest BCUT2D eigenvalue weighted by atomic mass is 10.1. The van der Waals surface area contributed by atoms with Crippen molar-refractivity contribution in [3.8, 4) is 11.4 Å². The standard InChI is InChI=1S/C24H28N6O/c1-5-8-18(11-16(2)3)12-30-23-21(28-24(30)31)20-22(25-14-26-23)29(15-27-20)13-19-10-7-6-9-17(19)4/h6-11,14-15H,5,12-13H2,1-4H3,(H,25,26)(H,28,31). The van der Waals surface area contributed by atoms with Crippen molar-refractivity contribution in [2.24, 2.45) is 4.99 Å². The summed E-state index contributed by atoms with van der Waals surface area (Å²) in [7, 11) is 0. The molecule has 3 heterocycles. The third-order valence-corrected chi connectivity index (χ3v) is 5.30. The summed E-state index contributed by atoms with van der Waals surface area (Å²) in [5.41, 5.74) is 5.88. The Morgan fingerprint density at radius 3 is 2.77 bits per heavy atom. The topological polar surface area (TPSA) is 80.0 Å². The summed E-state index contributed by atoms with van der Waals surface area (Å²) in [6, 6.07) is 8.27. The van der Waals surface area contributed by atoms with Crippen molar-refractivity contribution in [2.45, 2.75) is 47.2 Å². The molecule has 0 unspecified atom stereocenters. The molecule has 2 aromatic heterocycles. The fourth-order valence-corrected chi connectivity index (χ4v) is 3.86. The van der Waals surface area contributed by atoms with Crippen molar-refractivity contribution >= 4 is 18.0 Å². The molecule has 0 atom stereocenters. The number of allylic oxidation sites excluding steroid dienone is 4. The van der Waals surface area contributed by atoms with Gasteiger partial charge in [-0.15, -0.1) is 0 Å². The van der Waals surface area contributed by atoms with E-state index < -0.39 is 0 Å². The fourth-order valence-electron chi connectivity index (χ4n) is 3.86. The number of aromatic amines is 1. The van der Waals surface area contributed by atoms with Gasteiger partial charge in [-0.3, -0.25) is 4.57 Å². The van der Waals surface area contributed by atoms with Crippen molar-refractivity contribution < 1.29 is 0 Å². The molecule has 1 aromatic carbocycles. The normalized spacial score (nSPS) is 12.7. The summed E-state index contributed by atoms with van der Waals surface area (Å²) in [4.78, 5) is 25.0. The number of nitrogens with zero attached hydrogens (tertiary/aromatic N) is 4. The predicted octanol–water partition coefficient (Wildman–Crippen LogP) is 4.78. The van der Waals surface area contributed by atoms with Gasteiger partial charge in [0.25, 0.3) is 0 Å². The summed E-state index contributed by atoms with van der Waals surface area (Å²) >= 11 is 0. The van der Waals surface area contributed by atoms with E-state index >= 15 is 0 Å². The number of nitrogens with one attached hydrogen (secondary N) is 2. The van der Waals surface area contributed by atoms with Crippen molar-refractivity contribution in [1.82, 2.24) is 19.1 Å². The first-order valence-electron chi connectivity index (χ1n) is 10.5. The highest BCUT2D eigenvalue weighted by Gasteiger charge is 2.24. The van der Waals surface area contributed by atoms with Crippen LogP contribution >= 0.6 is 0 Å². The molecular formula is C24H28N6O. The highest BCUT2D eigenvalue weighted by molar-refractivity contribution is 5.90. The number of imidazole rings is 2. The first-order chi connectivity index (χ1) is 15.0. The van der Waals surface area contributed by atoms with Crippen LogP contribution in [0.15, 0.2) is 63.7 Å². The monoisotopic (exact) mass is 416 g/mol. The Morgan fingerprint density at radius 1 is 1.23 bits per heavy atom. The minimum Gasteiger partial charge on any atom is -0.330 e. The molecule has 0 bridgehead atoms. The van der Waals surface area contributed by atoms with Crippen LogP contribution in [-0.4, -0.2) is 25.4 Å². The summed E-state index contributed by atoms with van der Waals surface area (Å²) in [6.07, 6.45) is 8.58. The van der Waals surface area contributed by atoms with Crippen LogP contribution < -0.4 is 11.0 Å². The molecule has 2 N–H and O–H groups in total. The van der Waals surface area contributed by atoms with Gasteiger partial charge in [0.1, 0.15) is 17.2 Å². The summed E-state index contributed by atoms with van der Waals surface area (Å²) in [5, 5.41) is 3.19. The number of benzene rings is 1. The molecular weight excluding hydrogens is 388 g/mol. The van der Waals surface area contributed by atoms with E-state index in [2.05, 4.69) is 72.3 Å². The maximum absolute atomic E-state index is 12.8. The van der Waals surface area contributed by atoms with Crippen molar-refractivity contribution in [2.75, 3.05) is 5.32 Å². The summed E-state index contributed by atoms with van der Waals surface area (Å²) < 4.78 is 3.71.